The molecule has 0 bridgehead atoms. The van der Waals surface area contributed by atoms with Crippen LogP contribution in [0.1, 0.15) is 51.7 Å². The van der Waals surface area contributed by atoms with Gasteiger partial charge in [0.25, 0.3) is 0 Å². The van der Waals surface area contributed by atoms with Crippen LogP contribution in [-0.2, 0) is 19.2 Å². The second-order valence-electron chi connectivity index (χ2n) is 6.98. The molecule has 4 unspecified atom stereocenters. The number of esters is 1. The fourth-order valence-electron chi connectivity index (χ4n) is 4.03. The van der Waals surface area contributed by atoms with Gasteiger partial charge in [0.05, 0.1) is 12.6 Å². The lowest BCUT2D eigenvalue weighted by atomic mass is 9.90. The lowest BCUT2D eigenvalue weighted by molar-refractivity contribution is -0.206. The van der Waals surface area contributed by atoms with Crippen molar-refractivity contribution in [2.45, 2.75) is 57.7 Å². The topological polar surface area (TPSA) is 55.8 Å². The molecule has 5 nitrogen and oxygen atoms in total. The predicted octanol–water partition coefficient (Wildman–Crippen LogP) is 3.05. The van der Waals surface area contributed by atoms with Crippen LogP contribution in [0, 0.1) is 5.92 Å². The summed E-state index contributed by atoms with van der Waals surface area (Å²) in [5.41, 5.74) is 0.980. The number of nitrogens with zero attached hydrogens (tertiary/aromatic N) is 1. The highest BCUT2D eigenvalue weighted by Gasteiger charge is 2.55. The highest BCUT2D eigenvalue weighted by molar-refractivity contribution is 5.98. The van der Waals surface area contributed by atoms with Gasteiger partial charge in [-0.3, -0.25) is 14.4 Å². The SMILES string of the molecule is CCOC(=O)C(C(C)=O)C1CCC2(C)CC(c3ccccc3)ON12. The van der Waals surface area contributed by atoms with Gasteiger partial charge in [-0.2, -0.15) is 5.06 Å². The first-order chi connectivity index (χ1) is 11.5. The zero-order chi connectivity index (χ0) is 17.3. The molecule has 130 valence electrons. The first kappa shape index (κ1) is 17.1. The van der Waals surface area contributed by atoms with E-state index in [0.717, 1.165) is 24.8 Å². The maximum atomic E-state index is 12.3. The van der Waals surface area contributed by atoms with Gasteiger partial charge in [-0.1, -0.05) is 30.3 Å². The average Bonchev–Trinajstić information content (AvgIpc) is 3.03. The van der Waals surface area contributed by atoms with Gasteiger partial charge in [0, 0.05) is 12.0 Å². The van der Waals surface area contributed by atoms with Crippen LogP contribution in [0.5, 0.6) is 0 Å². The molecule has 2 fully saturated rings. The van der Waals surface area contributed by atoms with Gasteiger partial charge in [-0.15, -0.1) is 0 Å². The fourth-order valence-corrected chi connectivity index (χ4v) is 4.03. The van der Waals surface area contributed by atoms with E-state index in [1.165, 1.54) is 6.92 Å². The van der Waals surface area contributed by atoms with E-state index in [2.05, 4.69) is 19.1 Å². The Labute approximate surface area is 142 Å². The molecule has 24 heavy (non-hydrogen) atoms. The number of fused-ring (bicyclic) bond motifs is 1. The molecule has 1 aromatic rings. The Morgan fingerprint density at radius 2 is 2.08 bits per heavy atom. The second kappa shape index (κ2) is 6.65. The summed E-state index contributed by atoms with van der Waals surface area (Å²) in [6, 6.07) is 9.84. The Kier molecular flexibility index (Phi) is 4.74. The molecule has 0 radical (unpaired) electrons. The molecule has 0 saturated carbocycles. The van der Waals surface area contributed by atoms with E-state index in [1.807, 2.05) is 23.3 Å². The maximum Gasteiger partial charge on any atom is 0.318 e. The van der Waals surface area contributed by atoms with Gasteiger partial charge in [0.1, 0.15) is 17.8 Å². The quantitative estimate of drug-likeness (QED) is 0.613. The maximum absolute atomic E-state index is 12.3. The Morgan fingerprint density at radius 1 is 1.38 bits per heavy atom. The number of hydroxylamine groups is 2. The smallest absolute Gasteiger partial charge is 0.318 e. The van der Waals surface area contributed by atoms with E-state index in [1.54, 1.807) is 6.92 Å². The van der Waals surface area contributed by atoms with E-state index in [-0.39, 0.29) is 30.1 Å². The van der Waals surface area contributed by atoms with Crippen molar-refractivity contribution in [1.82, 2.24) is 5.06 Å². The molecule has 0 aromatic heterocycles. The van der Waals surface area contributed by atoms with Crippen LogP contribution >= 0.6 is 0 Å². The van der Waals surface area contributed by atoms with Crippen LogP contribution in [-0.4, -0.2) is 35.0 Å². The summed E-state index contributed by atoms with van der Waals surface area (Å²) >= 11 is 0. The minimum Gasteiger partial charge on any atom is -0.465 e. The highest BCUT2D eigenvalue weighted by Crippen LogP contribution is 2.50. The average molecular weight is 331 g/mol. The van der Waals surface area contributed by atoms with Gasteiger partial charge in [-0.25, -0.2) is 0 Å². The van der Waals surface area contributed by atoms with Crippen molar-refractivity contribution in [3.63, 3.8) is 0 Å². The van der Waals surface area contributed by atoms with Crippen LogP contribution in [0.2, 0.25) is 0 Å². The first-order valence-corrected chi connectivity index (χ1v) is 8.64. The van der Waals surface area contributed by atoms with Crippen LogP contribution < -0.4 is 0 Å². The standard InChI is InChI=1S/C19H25NO4/c1-4-23-18(22)17(13(2)21)15-10-11-19(3)12-16(24-20(15)19)14-8-6-5-7-9-14/h5-9,15-17H,4,10-12H2,1-3H3. The van der Waals surface area contributed by atoms with Crippen molar-refractivity contribution < 1.29 is 19.2 Å². The summed E-state index contributed by atoms with van der Waals surface area (Å²) in [6.07, 6.45) is 2.50. The minimum atomic E-state index is -0.777. The summed E-state index contributed by atoms with van der Waals surface area (Å²) in [5, 5.41) is 1.91. The monoisotopic (exact) mass is 331 g/mol. The first-order valence-electron chi connectivity index (χ1n) is 8.64. The van der Waals surface area contributed by atoms with E-state index in [4.69, 9.17) is 9.57 Å². The van der Waals surface area contributed by atoms with Crippen LogP contribution in [0.15, 0.2) is 30.3 Å². The Morgan fingerprint density at radius 3 is 2.71 bits per heavy atom. The molecule has 5 heteroatoms. The number of rotatable bonds is 5. The van der Waals surface area contributed by atoms with Gasteiger partial charge in [0.2, 0.25) is 0 Å². The fraction of sp³-hybridized carbons (Fsp3) is 0.579. The summed E-state index contributed by atoms with van der Waals surface area (Å²) in [6.45, 7) is 5.64. The highest BCUT2D eigenvalue weighted by atomic mass is 16.7. The number of benzene rings is 1. The van der Waals surface area contributed by atoms with Gasteiger partial charge >= 0.3 is 5.97 Å². The predicted molar refractivity (Wildman–Crippen MR) is 89.0 cm³/mol. The van der Waals surface area contributed by atoms with Crippen molar-refractivity contribution >= 4 is 11.8 Å². The summed E-state index contributed by atoms with van der Waals surface area (Å²) in [4.78, 5) is 30.6. The normalized spacial score (nSPS) is 30.8. The summed E-state index contributed by atoms with van der Waals surface area (Å²) in [7, 11) is 0. The molecule has 2 aliphatic rings. The van der Waals surface area contributed by atoms with Crippen molar-refractivity contribution in [3.05, 3.63) is 35.9 Å². The molecule has 2 saturated heterocycles. The third-order valence-electron chi connectivity index (χ3n) is 5.21. The van der Waals surface area contributed by atoms with Gasteiger partial charge in [-0.05, 0) is 39.2 Å². The lowest BCUT2D eigenvalue weighted by Crippen LogP contribution is -2.47. The number of carbonyl (C=O) groups excluding carboxylic acids is 2. The van der Waals surface area contributed by atoms with Gasteiger partial charge < -0.3 is 4.74 Å². The molecule has 0 amide bonds. The van der Waals surface area contributed by atoms with Crippen molar-refractivity contribution in [2.24, 2.45) is 5.92 Å². The molecule has 3 rings (SSSR count). The molecular weight excluding hydrogens is 306 g/mol. The largest absolute Gasteiger partial charge is 0.465 e. The molecule has 4 atom stereocenters. The summed E-state index contributed by atoms with van der Waals surface area (Å²) in [5.74, 6) is -1.37. The number of hydrogen-bond donors (Lipinski definition) is 0. The van der Waals surface area contributed by atoms with Crippen molar-refractivity contribution in [2.75, 3.05) is 6.61 Å². The minimum absolute atomic E-state index is 0.0335. The Balaban J connectivity index is 1.82. The van der Waals surface area contributed by atoms with Crippen molar-refractivity contribution in [3.8, 4) is 0 Å². The van der Waals surface area contributed by atoms with E-state index in [0.29, 0.717) is 0 Å². The molecule has 0 N–H and O–H groups in total. The number of ketones is 1. The molecule has 0 spiro atoms. The molecule has 2 heterocycles. The second-order valence-corrected chi connectivity index (χ2v) is 6.98. The van der Waals surface area contributed by atoms with Crippen LogP contribution in [0.3, 0.4) is 0 Å². The zero-order valence-electron chi connectivity index (χ0n) is 14.5. The molecule has 1 aromatic carbocycles. The Bertz CT molecular complexity index is 617. The molecule has 0 aliphatic carbocycles. The van der Waals surface area contributed by atoms with Crippen LogP contribution in [0.25, 0.3) is 0 Å². The number of carbonyl (C=O) groups is 2. The van der Waals surface area contributed by atoms with E-state index < -0.39 is 11.9 Å². The van der Waals surface area contributed by atoms with Crippen molar-refractivity contribution in [1.29, 1.82) is 0 Å². The number of hydrogen-bond acceptors (Lipinski definition) is 5. The number of Topliss-reactive ketones (excluding diaryl/α,β-unsaturated/α-hetero) is 1. The van der Waals surface area contributed by atoms with Crippen LogP contribution in [0.4, 0.5) is 0 Å². The zero-order valence-corrected chi connectivity index (χ0v) is 14.5. The lowest BCUT2D eigenvalue weighted by Gasteiger charge is -2.31. The third kappa shape index (κ3) is 2.98. The van der Waals surface area contributed by atoms with E-state index >= 15 is 0 Å². The van der Waals surface area contributed by atoms with Gasteiger partial charge in [0.15, 0.2) is 0 Å². The molecular formula is C19H25NO4. The Hall–Kier alpha value is -1.72. The number of ether oxygens (including phenoxy) is 1. The summed E-state index contributed by atoms with van der Waals surface area (Å²) < 4.78 is 5.13. The van der Waals surface area contributed by atoms with E-state index in [9.17, 15) is 9.59 Å². The molecule has 2 aliphatic heterocycles. The third-order valence-corrected chi connectivity index (χ3v) is 5.21.